The summed E-state index contributed by atoms with van der Waals surface area (Å²) in [5.74, 6) is 1.00. The minimum Gasteiger partial charge on any atom is -0.453 e. The first-order chi connectivity index (χ1) is 8.17. The van der Waals surface area contributed by atoms with Crippen LogP contribution in [0.3, 0.4) is 0 Å². The van der Waals surface area contributed by atoms with Gasteiger partial charge >= 0.3 is 0 Å². The molecular weight excluding hydrogens is 212 g/mol. The van der Waals surface area contributed by atoms with Crippen LogP contribution >= 0.6 is 0 Å². The van der Waals surface area contributed by atoms with E-state index in [2.05, 4.69) is 19.9 Å². The van der Waals surface area contributed by atoms with Crippen LogP contribution in [0.15, 0.2) is 28.7 Å². The van der Waals surface area contributed by atoms with E-state index in [9.17, 15) is 4.79 Å². The summed E-state index contributed by atoms with van der Waals surface area (Å²) < 4.78 is 5.73. The summed E-state index contributed by atoms with van der Waals surface area (Å²) in [6.45, 7) is 6.19. The van der Waals surface area contributed by atoms with Crippen LogP contribution in [0, 0.1) is 0 Å². The molecule has 1 aromatic carbocycles. The maximum atomic E-state index is 11.6. The van der Waals surface area contributed by atoms with Crippen molar-refractivity contribution < 1.29 is 9.21 Å². The molecule has 0 aliphatic rings. The Morgan fingerprint density at radius 3 is 2.76 bits per heavy atom. The molecule has 0 saturated carbocycles. The molecular formula is C15H18O2. The average Bonchev–Trinajstić information content (AvgIpc) is 2.80. The smallest absolute Gasteiger partial charge is 0.197 e. The van der Waals surface area contributed by atoms with E-state index in [1.54, 1.807) is 0 Å². The molecule has 1 unspecified atom stereocenters. The van der Waals surface area contributed by atoms with Crippen LogP contribution in [-0.4, -0.2) is 5.78 Å². The highest BCUT2D eigenvalue weighted by molar-refractivity contribution is 5.97. The molecule has 1 heterocycles. The number of fused-ring (bicyclic) bond motifs is 1. The zero-order valence-corrected chi connectivity index (χ0v) is 10.6. The minimum absolute atomic E-state index is 0.0660. The second-order valence-corrected chi connectivity index (χ2v) is 4.46. The lowest BCUT2D eigenvalue weighted by Crippen LogP contribution is -1.93. The van der Waals surface area contributed by atoms with Crippen LogP contribution in [-0.2, 0) is 0 Å². The molecule has 2 heteroatoms. The van der Waals surface area contributed by atoms with Crippen molar-refractivity contribution in [2.75, 3.05) is 0 Å². The van der Waals surface area contributed by atoms with E-state index in [4.69, 9.17) is 4.42 Å². The molecule has 0 fully saturated rings. The summed E-state index contributed by atoms with van der Waals surface area (Å²) >= 11 is 0. The lowest BCUT2D eigenvalue weighted by molar-refractivity contribution is 0.0963. The number of furan rings is 1. The van der Waals surface area contributed by atoms with E-state index < -0.39 is 0 Å². The van der Waals surface area contributed by atoms with Gasteiger partial charge in [0.15, 0.2) is 11.5 Å². The van der Waals surface area contributed by atoms with Gasteiger partial charge in [-0.1, -0.05) is 39.0 Å². The van der Waals surface area contributed by atoms with E-state index in [0.717, 1.165) is 17.4 Å². The van der Waals surface area contributed by atoms with Crippen molar-refractivity contribution >= 4 is 16.8 Å². The number of carbonyl (C=O) groups excluding carboxylic acids is 1. The number of hydrogen-bond donors (Lipinski definition) is 0. The molecule has 0 aliphatic heterocycles. The summed E-state index contributed by atoms with van der Waals surface area (Å²) in [6, 6.07) is 7.96. The number of hydrogen-bond acceptors (Lipinski definition) is 2. The van der Waals surface area contributed by atoms with Gasteiger partial charge in [0, 0.05) is 11.8 Å². The van der Waals surface area contributed by atoms with Gasteiger partial charge in [0.25, 0.3) is 0 Å². The van der Waals surface area contributed by atoms with Gasteiger partial charge in [-0.15, -0.1) is 0 Å². The first-order valence-corrected chi connectivity index (χ1v) is 6.23. The van der Waals surface area contributed by atoms with Crippen molar-refractivity contribution in [1.29, 1.82) is 0 Å². The van der Waals surface area contributed by atoms with E-state index in [1.807, 2.05) is 25.1 Å². The third kappa shape index (κ3) is 2.12. The summed E-state index contributed by atoms with van der Waals surface area (Å²) in [6.07, 6.45) is 1.55. The fourth-order valence-electron chi connectivity index (χ4n) is 2.01. The van der Waals surface area contributed by atoms with Crippen LogP contribution in [0.5, 0.6) is 0 Å². The third-order valence-electron chi connectivity index (χ3n) is 3.31. The molecule has 0 saturated heterocycles. The highest BCUT2D eigenvalue weighted by Crippen LogP contribution is 2.30. The van der Waals surface area contributed by atoms with Crippen molar-refractivity contribution in [3.63, 3.8) is 0 Å². The Labute approximate surface area is 102 Å². The van der Waals surface area contributed by atoms with Crippen LogP contribution in [0.2, 0.25) is 0 Å². The van der Waals surface area contributed by atoms with Gasteiger partial charge in [0.1, 0.15) is 5.58 Å². The Hall–Kier alpha value is -1.57. The second-order valence-electron chi connectivity index (χ2n) is 4.46. The standard InChI is InChI=1S/C15H18O2/c1-4-10(3)12-8-6-7-11-9-14(13(16)5-2)17-15(11)12/h6-10H,4-5H2,1-3H3. The molecule has 2 rings (SSSR count). The van der Waals surface area contributed by atoms with Crippen molar-refractivity contribution in [1.82, 2.24) is 0 Å². The van der Waals surface area contributed by atoms with Gasteiger partial charge in [0.2, 0.25) is 0 Å². The highest BCUT2D eigenvalue weighted by atomic mass is 16.3. The maximum Gasteiger partial charge on any atom is 0.197 e. The molecule has 2 aromatic rings. The SMILES string of the molecule is CCC(=O)c1cc2cccc(C(C)CC)c2o1. The zero-order valence-electron chi connectivity index (χ0n) is 10.6. The number of para-hydroxylation sites is 1. The maximum absolute atomic E-state index is 11.6. The number of benzene rings is 1. The van der Waals surface area contributed by atoms with Crippen LogP contribution in [0.4, 0.5) is 0 Å². The van der Waals surface area contributed by atoms with Gasteiger partial charge in [-0.25, -0.2) is 0 Å². The molecule has 0 aliphatic carbocycles. The Morgan fingerprint density at radius 2 is 2.12 bits per heavy atom. The quantitative estimate of drug-likeness (QED) is 0.722. The summed E-state index contributed by atoms with van der Waals surface area (Å²) in [5, 5.41) is 1.03. The van der Waals surface area contributed by atoms with Gasteiger partial charge in [-0.2, -0.15) is 0 Å². The van der Waals surface area contributed by atoms with Crippen molar-refractivity contribution in [2.45, 2.75) is 39.5 Å². The Bertz CT molecular complexity index is 537. The Balaban J connectivity index is 2.56. The van der Waals surface area contributed by atoms with Crippen molar-refractivity contribution in [2.24, 2.45) is 0 Å². The fourth-order valence-corrected chi connectivity index (χ4v) is 2.01. The lowest BCUT2D eigenvalue weighted by atomic mass is 9.97. The molecule has 0 radical (unpaired) electrons. The molecule has 17 heavy (non-hydrogen) atoms. The molecule has 2 nitrogen and oxygen atoms in total. The molecule has 90 valence electrons. The number of ketones is 1. The summed E-state index contributed by atoms with van der Waals surface area (Å²) in [5.41, 5.74) is 2.07. The zero-order chi connectivity index (χ0) is 12.4. The molecule has 1 aromatic heterocycles. The van der Waals surface area contributed by atoms with Crippen LogP contribution in [0.25, 0.3) is 11.0 Å². The predicted octanol–water partition coefficient (Wildman–Crippen LogP) is 4.54. The Kier molecular flexibility index (Phi) is 3.32. The minimum atomic E-state index is 0.0660. The summed E-state index contributed by atoms with van der Waals surface area (Å²) in [7, 11) is 0. The van der Waals surface area contributed by atoms with E-state index in [1.165, 1.54) is 5.56 Å². The van der Waals surface area contributed by atoms with Crippen molar-refractivity contribution in [3.05, 3.63) is 35.6 Å². The molecule has 0 amide bonds. The number of carbonyl (C=O) groups is 1. The summed E-state index contributed by atoms with van der Waals surface area (Å²) in [4.78, 5) is 11.6. The topological polar surface area (TPSA) is 30.2 Å². The third-order valence-corrected chi connectivity index (χ3v) is 3.31. The number of rotatable bonds is 4. The van der Waals surface area contributed by atoms with Crippen LogP contribution < -0.4 is 0 Å². The fraction of sp³-hybridized carbons (Fsp3) is 0.400. The lowest BCUT2D eigenvalue weighted by Gasteiger charge is -2.08. The predicted molar refractivity (Wildman–Crippen MR) is 69.5 cm³/mol. The molecule has 0 spiro atoms. The van der Waals surface area contributed by atoms with Gasteiger partial charge in [-0.05, 0) is 24.0 Å². The van der Waals surface area contributed by atoms with Crippen molar-refractivity contribution in [3.8, 4) is 0 Å². The van der Waals surface area contributed by atoms with Gasteiger partial charge in [0.05, 0.1) is 0 Å². The monoisotopic (exact) mass is 230 g/mol. The average molecular weight is 230 g/mol. The van der Waals surface area contributed by atoms with E-state index in [0.29, 0.717) is 18.1 Å². The highest BCUT2D eigenvalue weighted by Gasteiger charge is 2.15. The molecule has 1 atom stereocenters. The molecule has 0 N–H and O–H groups in total. The van der Waals surface area contributed by atoms with Crippen LogP contribution in [0.1, 0.15) is 55.6 Å². The number of Topliss-reactive ketones (excluding diaryl/α,β-unsaturated/α-hetero) is 1. The van der Waals surface area contributed by atoms with Gasteiger partial charge < -0.3 is 4.42 Å². The largest absolute Gasteiger partial charge is 0.453 e. The Morgan fingerprint density at radius 1 is 1.35 bits per heavy atom. The normalized spacial score (nSPS) is 12.9. The first kappa shape index (κ1) is 11.9. The second kappa shape index (κ2) is 4.74. The molecule has 0 bridgehead atoms. The van der Waals surface area contributed by atoms with E-state index >= 15 is 0 Å². The first-order valence-electron chi connectivity index (χ1n) is 6.23. The van der Waals surface area contributed by atoms with E-state index in [-0.39, 0.29) is 5.78 Å². The van der Waals surface area contributed by atoms with Gasteiger partial charge in [-0.3, -0.25) is 4.79 Å².